The van der Waals surface area contributed by atoms with E-state index in [-0.39, 0.29) is 5.38 Å². The van der Waals surface area contributed by atoms with Gasteiger partial charge in [-0.3, -0.25) is 0 Å². The fourth-order valence-electron chi connectivity index (χ4n) is 1.36. The second-order valence-corrected chi connectivity index (χ2v) is 3.88. The molecule has 0 fully saturated rings. The Labute approximate surface area is 108 Å². The van der Waals surface area contributed by atoms with Crippen molar-refractivity contribution in [2.45, 2.75) is 11.8 Å². The first-order valence-corrected chi connectivity index (χ1v) is 5.53. The van der Waals surface area contributed by atoms with E-state index in [1.54, 1.807) is 6.20 Å². The van der Waals surface area contributed by atoms with Crippen molar-refractivity contribution in [3.05, 3.63) is 64.2 Å². The van der Waals surface area contributed by atoms with E-state index in [9.17, 15) is 0 Å². The van der Waals surface area contributed by atoms with Gasteiger partial charge in [-0.15, -0.1) is 21.7 Å². The molecule has 1 heterocycles. The summed E-state index contributed by atoms with van der Waals surface area (Å²) in [6, 6.07) is 10.0. The van der Waals surface area contributed by atoms with Crippen LogP contribution < -0.4 is 0 Å². The van der Waals surface area contributed by atoms with Crippen LogP contribution in [0.5, 0.6) is 0 Å². The van der Waals surface area contributed by atoms with Crippen molar-refractivity contribution in [1.82, 2.24) is 9.97 Å². The summed E-state index contributed by atoms with van der Waals surface area (Å²) in [5.74, 6) is 0.925. The molecule has 7 heteroatoms. The molecule has 1 aromatic heterocycles. The molecule has 0 aliphatic heterocycles. The van der Waals surface area contributed by atoms with Crippen molar-refractivity contribution in [3.63, 3.8) is 0 Å². The van der Waals surface area contributed by atoms with Crippen LogP contribution in [0.3, 0.4) is 0 Å². The normalized spacial score (nSPS) is 11.2. The highest BCUT2D eigenvalue weighted by atomic mass is 35.5. The summed E-state index contributed by atoms with van der Waals surface area (Å²) in [5, 5.41) is 13.6. The Bertz CT molecular complexity index is 458. The third-order valence-corrected chi connectivity index (χ3v) is 2.49. The zero-order valence-electron chi connectivity index (χ0n) is 9.36. The molecule has 18 heavy (non-hydrogen) atoms. The van der Waals surface area contributed by atoms with Crippen molar-refractivity contribution in [2.24, 2.45) is 0 Å². The van der Waals surface area contributed by atoms with Gasteiger partial charge in [0.05, 0.1) is 5.38 Å². The summed E-state index contributed by atoms with van der Waals surface area (Å²) in [4.78, 5) is 15.5. The Morgan fingerprint density at radius 2 is 2.06 bits per heavy atom. The Morgan fingerprint density at radius 1 is 1.44 bits per heavy atom. The average molecular weight is 270 g/mol. The molecule has 96 valence electrons. The zero-order valence-corrected chi connectivity index (χ0v) is 10.1. The summed E-state index contributed by atoms with van der Waals surface area (Å²) >= 11 is 6.24. The monoisotopic (exact) mass is 269 g/mol. The van der Waals surface area contributed by atoms with E-state index in [4.69, 9.17) is 26.9 Å². The smallest absolute Gasteiger partial charge is 0.291 e. The first-order valence-electron chi connectivity index (χ1n) is 5.10. The van der Waals surface area contributed by atoms with E-state index in [0.717, 1.165) is 17.8 Å². The lowest BCUT2D eigenvalue weighted by Gasteiger charge is -2.07. The Hall–Kier alpha value is -2.08. The molecule has 0 bridgehead atoms. The van der Waals surface area contributed by atoms with E-state index >= 15 is 0 Å². The summed E-state index contributed by atoms with van der Waals surface area (Å²) in [7, 11) is 0. The number of nitrogens with zero attached hydrogens (tertiary/aromatic N) is 2. The molecular formula is C11H12ClN3O3. The van der Waals surface area contributed by atoms with Crippen LogP contribution in [-0.2, 0) is 6.42 Å². The minimum absolute atomic E-state index is 0.0117. The predicted octanol–water partition coefficient (Wildman–Crippen LogP) is 2.58. The molecule has 0 aliphatic rings. The van der Waals surface area contributed by atoms with Crippen LogP contribution in [0.25, 0.3) is 0 Å². The number of nitrogens with one attached hydrogen (secondary N) is 1. The average Bonchev–Trinajstić information content (AvgIpc) is 2.82. The molecule has 1 unspecified atom stereocenters. The maximum Gasteiger partial charge on any atom is 0.291 e. The quantitative estimate of drug-likeness (QED) is 0.509. The molecule has 6 nitrogen and oxygen atoms in total. The zero-order chi connectivity index (χ0) is 13.4. The summed E-state index contributed by atoms with van der Waals surface area (Å²) < 4.78 is 0. The number of hydrogen-bond donors (Lipinski definition) is 2. The van der Waals surface area contributed by atoms with Gasteiger partial charge in [0.1, 0.15) is 5.82 Å². The van der Waals surface area contributed by atoms with E-state index in [1.807, 2.05) is 36.5 Å². The standard InChI is InChI=1S/C11H11ClN2.HNO3/c12-10(8-11-13-6-7-14-11)9-4-2-1-3-5-9;2-1(3)4/h1-7,10H,8H2,(H,13,14);(H,2,3,4). The SMILES string of the molecule is ClC(Cc1ncc[nH]1)c1ccccc1.O=[N+]([O-])O. The number of imidazole rings is 1. The Kier molecular flexibility index (Phi) is 5.66. The van der Waals surface area contributed by atoms with Crippen LogP contribution in [0.1, 0.15) is 16.8 Å². The van der Waals surface area contributed by atoms with Gasteiger partial charge in [0.25, 0.3) is 5.09 Å². The van der Waals surface area contributed by atoms with Crippen LogP contribution in [-0.4, -0.2) is 20.3 Å². The van der Waals surface area contributed by atoms with Gasteiger partial charge in [-0.1, -0.05) is 30.3 Å². The topological polar surface area (TPSA) is 92.0 Å². The molecular weight excluding hydrogens is 258 g/mol. The van der Waals surface area contributed by atoms with Gasteiger partial charge in [-0.25, -0.2) is 4.98 Å². The van der Waals surface area contributed by atoms with E-state index < -0.39 is 5.09 Å². The highest BCUT2D eigenvalue weighted by molar-refractivity contribution is 6.20. The number of alkyl halides is 1. The fraction of sp³-hybridized carbons (Fsp3) is 0.182. The summed E-state index contributed by atoms with van der Waals surface area (Å²) in [6.45, 7) is 0. The molecule has 0 spiro atoms. The molecule has 1 atom stereocenters. The predicted molar refractivity (Wildman–Crippen MR) is 66.1 cm³/mol. The van der Waals surface area contributed by atoms with Crippen molar-refractivity contribution >= 4 is 11.6 Å². The maximum atomic E-state index is 8.36. The fourth-order valence-corrected chi connectivity index (χ4v) is 1.65. The second kappa shape index (κ2) is 7.29. The van der Waals surface area contributed by atoms with Crippen LogP contribution >= 0.6 is 11.6 Å². The number of hydrogen-bond acceptors (Lipinski definition) is 3. The second-order valence-electron chi connectivity index (χ2n) is 3.36. The van der Waals surface area contributed by atoms with Gasteiger partial charge in [0, 0.05) is 18.8 Å². The first-order chi connectivity index (χ1) is 8.59. The van der Waals surface area contributed by atoms with Gasteiger partial charge < -0.3 is 10.2 Å². The first kappa shape index (κ1) is 14.0. The number of aromatic nitrogens is 2. The molecule has 0 aliphatic carbocycles. The Morgan fingerprint density at radius 3 is 2.56 bits per heavy atom. The third-order valence-electron chi connectivity index (χ3n) is 2.09. The number of aromatic amines is 1. The lowest BCUT2D eigenvalue weighted by molar-refractivity contribution is -0.742. The highest BCUT2D eigenvalue weighted by Crippen LogP contribution is 2.22. The van der Waals surface area contributed by atoms with Crippen LogP contribution in [0.2, 0.25) is 0 Å². The van der Waals surface area contributed by atoms with E-state index in [0.29, 0.717) is 0 Å². The Balaban J connectivity index is 0.000000357. The molecule has 2 aromatic rings. The van der Waals surface area contributed by atoms with Gasteiger partial charge in [-0.05, 0) is 5.56 Å². The van der Waals surface area contributed by atoms with Crippen molar-refractivity contribution in [1.29, 1.82) is 0 Å². The maximum absolute atomic E-state index is 8.36. The van der Waals surface area contributed by atoms with Gasteiger partial charge >= 0.3 is 0 Å². The number of benzene rings is 1. The largest absolute Gasteiger partial charge is 0.349 e. The molecule has 0 radical (unpaired) electrons. The van der Waals surface area contributed by atoms with E-state index in [2.05, 4.69) is 9.97 Å². The molecule has 0 saturated heterocycles. The number of H-pyrrole nitrogens is 1. The molecule has 2 N–H and O–H groups in total. The van der Waals surface area contributed by atoms with Crippen molar-refractivity contribution in [2.75, 3.05) is 0 Å². The highest BCUT2D eigenvalue weighted by Gasteiger charge is 2.09. The van der Waals surface area contributed by atoms with Gasteiger partial charge in [-0.2, -0.15) is 0 Å². The summed E-state index contributed by atoms with van der Waals surface area (Å²) in [5.41, 5.74) is 1.13. The lowest BCUT2D eigenvalue weighted by atomic mass is 10.1. The molecule has 2 rings (SSSR count). The summed E-state index contributed by atoms with van der Waals surface area (Å²) in [6.07, 6.45) is 4.28. The van der Waals surface area contributed by atoms with Crippen molar-refractivity contribution < 1.29 is 10.3 Å². The number of halogens is 1. The van der Waals surface area contributed by atoms with Gasteiger partial charge in [0.15, 0.2) is 0 Å². The lowest BCUT2D eigenvalue weighted by Crippen LogP contribution is -1.97. The van der Waals surface area contributed by atoms with E-state index in [1.165, 1.54) is 0 Å². The van der Waals surface area contributed by atoms with Gasteiger partial charge in [0.2, 0.25) is 0 Å². The molecule has 1 aromatic carbocycles. The van der Waals surface area contributed by atoms with Crippen LogP contribution in [0.15, 0.2) is 42.7 Å². The minimum Gasteiger partial charge on any atom is -0.349 e. The third kappa shape index (κ3) is 5.31. The van der Waals surface area contributed by atoms with Crippen LogP contribution in [0, 0.1) is 10.1 Å². The van der Waals surface area contributed by atoms with Crippen molar-refractivity contribution in [3.8, 4) is 0 Å². The minimum atomic E-state index is -1.50. The number of rotatable bonds is 3. The molecule has 0 amide bonds. The van der Waals surface area contributed by atoms with Crippen LogP contribution in [0.4, 0.5) is 0 Å². The molecule has 0 saturated carbocycles.